The molecule has 14 heavy (non-hydrogen) atoms. The largest absolute Gasteiger partial charge is 0.392 e. The maximum Gasteiger partial charge on any atom is 0.233 e. The maximum absolute atomic E-state index is 11.8. The molecule has 0 radical (unpaired) electrons. The number of nitrogens with one attached hydrogen (secondary N) is 1. The lowest BCUT2D eigenvalue weighted by Crippen LogP contribution is -2.53. The third-order valence-corrected chi connectivity index (χ3v) is 3.71. The maximum atomic E-state index is 11.8. The molecular weight excluding hydrogens is 216 g/mol. The SMILES string of the molecule is CSCCNC(=O)C1(C(N)=S)CCC1. The van der Waals surface area contributed by atoms with Crippen LogP contribution in [0.1, 0.15) is 19.3 Å². The van der Waals surface area contributed by atoms with Crippen LogP contribution >= 0.6 is 24.0 Å². The van der Waals surface area contributed by atoms with Gasteiger partial charge in [-0.05, 0) is 19.1 Å². The van der Waals surface area contributed by atoms with Gasteiger partial charge in [0.25, 0.3) is 0 Å². The van der Waals surface area contributed by atoms with Crippen LogP contribution in [0.25, 0.3) is 0 Å². The van der Waals surface area contributed by atoms with Gasteiger partial charge >= 0.3 is 0 Å². The summed E-state index contributed by atoms with van der Waals surface area (Å²) in [6.45, 7) is 0.699. The minimum Gasteiger partial charge on any atom is -0.392 e. The Morgan fingerprint density at radius 3 is 2.64 bits per heavy atom. The lowest BCUT2D eigenvalue weighted by molar-refractivity contribution is -0.130. The van der Waals surface area contributed by atoms with E-state index in [-0.39, 0.29) is 5.91 Å². The molecule has 0 unspecified atom stereocenters. The van der Waals surface area contributed by atoms with Crippen molar-refractivity contribution in [2.24, 2.45) is 11.1 Å². The molecule has 1 rings (SSSR count). The predicted molar refractivity (Wildman–Crippen MR) is 64.5 cm³/mol. The molecule has 3 N–H and O–H groups in total. The van der Waals surface area contributed by atoms with E-state index < -0.39 is 5.41 Å². The van der Waals surface area contributed by atoms with Crippen molar-refractivity contribution in [2.45, 2.75) is 19.3 Å². The van der Waals surface area contributed by atoms with E-state index in [4.69, 9.17) is 18.0 Å². The number of amides is 1. The number of hydrogen-bond acceptors (Lipinski definition) is 3. The standard InChI is InChI=1S/C9H16N2OS2/c1-14-6-5-11-8(12)9(7(10)13)3-2-4-9/h2-6H2,1H3,(H2,10,13)(H,11,12). The van der Waals surface area contributed by atoms with Crippen molar-refractivity contribution in [3.05, 3.63) is 0 Å². The quantitative estimate of drug-likeness (QED) is 0.547. The Balaban J connectivity index is 2.45. The van der Waals surface area contributed by atoms with Crippen molar-refractivity contribution in [1.82, 2.24) is 5.32 Å². The first-order valence-corrected chi connectivity index (χ1v) is 6.51. The third kappa shape index (κ3) is 2.20. The van der Waals surface area contributed by atoms with Crippen molar-refractivity contribution in [2.75, 3.05) is 18.6 Å². The first kappa shape index (κ1) is 11.8. The normalized spacial score (nSPS) is 18.4. The molecule has 0 spiro atoms. The molecule has 0 aromatic heterocycles. The summed E-state index contributed by atoms with van der Waals surface area (Å²) in [7, 11) is 0. The van der Waals surface area contributed by atoms with Gasteiger partial charge in [-0.1, -0.05) is 18.6 Å². The molecule has 0 saturated heterocycles. The van der Waals surface area contributed by atoms with Crippen LogP contribution < -0.4 is 11.1 Å². The first-order valence-electron chi connectivity index (χ1n) is 4.70. The summed E-state index contributed by atoms with van der Waals surface area (Å²) >= 11 is 6.66. The number of carbonyl (C=O) groups excluding carboxylic acids is 1. The van der Waals surface area contributed by atoms with Gasteiger partial charge in [0.1, 0.15) is 0 Å². The molecule has 1 aliphatic rings. The summed E-state index contributed by atoms with van der Waals surface area (Å²) in [4.78, 5) is 12.1. The molecule has 1 amide bonds. The van der Waals surface area contributed by atoms with Crippen LogP contribution in [-0.2, 0) is 4.79 Å². The highest BCUT2D eigenvalue weighted by Crippen LogP contribution is 2.41. The molecule has 1 saturated carbocycles. The fraction of sp³-hybridized carbons (Fsp3) is 0.778. The van der Waals surface area contributed by atoms with Gasteiger partial charge in [-0.25, -0.2) is 0 Å². The molecule has 3 nitrogen and oxygen atoms in total. The molecule has 1 fully saturated rings. The van der Waals surface area contributed by atoms with Gasteiger partial charge in [-0.2, -0.15) is 11.8 Å². The van der Waals surface area contributed by atoms with Crippen LogP contribution in [-0.4, -0.2) is 29.4 Å². The zero-order valence-electron chi connectivity index (χ0n) is 8.34. The number of carbonyl (C=O) groups is 1. The van der Waals surface area contributed by atoms with Crippen LogP contribution in [0.4, 0.5) is 0 Å². The molecule has 5 heteroatoms. The lowest BCUT2D eigenvalue weighted by atomic mass is 9.68. The average Bonchev–Trinajstić information content (AvgIpc) is 2.01. The zero-order chi connectivity index (χ0) is 10.6. The molecular formula is C9H16N2OS2. The van der Waals surface area contributed by atoms with Crippen LogP contribution in [0.15, 0.2) is 0 Å². The second kappa shape index (κ2) is 4.98. The van der Waals surface area contributed by atoms with Gasteiger partial charge < -0.3 is 11.1 Å². The van der Waals surface area contributed by atoms with E-state index in [1.54, 1.807) is 11.8 Å². The monoisotopic (exact) mass is 232 g/mol. The van der Waals surface area contributed by atoms with Crippen LogP contribution in [0.2, 0.25) is 0 Å². The Bertz CT molecular complexity index is 239. The van der Waals surface area contributed by atoms with E-state index in [9.17, 15) is 4.79 Å². The highest BCUT2D eigenvalue weighted by Gasteiger charge is 2.46. The Morgan fingerprint density at radius 1 is 1.64 bits per heavy atom. The van der Waals surface area contributed by atoms with Crippen molar-refractivity contribution >= 4 is 34.9 Å². The second-order valence-electron chi connectivity index (χ2n) is 3.55. The Labute approximate surface area is 94.2 Å². The molecule has 0 atom stereocenters. The van der Waals surface area contributed by atoms with Gasteiger partial charge in [0.05, 0.1) is 10.4 Å². The predicted octanol–water partition coefficient (Wildman–Crippen LogP) is 0.922. The summed E-state index contributed by atoms with van der Waals surface area (Å²) in [6, 6.07) is 0. The molecule has 0 heterocycles. The van der Waals surface area contributed by atoms with Crippen molar-refractivity contribution in [3.63, 3.8) is 0 Å². The zero-order valence-corrected chi connectivity index (χ0v) is 9.97. The first-order chi connectivity index (χ1) is 6.63. The number of rotatable bonds is 5. The van der Waals surface area contributed by atoms with E-state index in [1.165, 1.54) is 0 Å². The minimum atomic E-state index is -0.520. The summed E-state index contributed by atoms with van der Waals surface area (Å²) in [5.41, 5.74) is 5.08. The fourth-order valence-electron chi connectivity index (χ4n) is 1.55. The topological polar surface area (TPSA) is 55.1 Å². The lowest BCUT2D eigenvalue weighted by Gasteiger charge is -2.39. The second-order valence-corrected chi connectivity index (χ2v) is 4.97. The van der Waals surface area contributed by atoms with Gasteiger partial charge in [0, 0.05) is 12.3 Å². The van der Waals surface area contributed by atoms with Gasteiger partial charge in [0.2, 0.25) is 5.91 Å². The van der Waals surface area contributed by atoms with Gasteiger partial charge in [-0.15, -0.1) is 0 Å². The minimum absolute atomic E-state index is 0.0188. The molecule has 1 aliphatic carbocycles. The van der Waals surface area contributed by atoms with E-state index in [0.29, 0.717) is 11.5 Å². The Kier molecular flexibility index (Phi) is 4.19. The van der Waals surface area contributed by atoms with Crippen molar-refractivity contribution in [1.29, 1.82) is 0 Å². The number of thiocarbonyl (C=S) groups is 1. The Morgan fingerprint density at radius 2 is 2.29 bits per heavy atom. The summed E-state index contributed by atoms with van der Waals surface area (Å²) < 4.78 is 0. The highest BCUT2D eigenvalue weighted by molar-refractivity contribution is 7.98. The van der Waals surface area contributed by atoms with E-state index >= 15 is 0 Å². The number of thioether (sulfide) groups is 1. The van der Waals surface area contributed by atoms with Crippen molar-refractivity contribution < 1.29 is 4.79 Å². The summed E-state index contributed by atoms with van der Waals surface area (Å²) in [5, 5.41) is 2.88. The van der Waals surface area contributed by atoms with E-state index in [1.807, 2.05) is 6.26 Å². The summed E-state index contributed by atoms with van der Waals surface area (Å²) in [5.74, 6) is 0.949. The summed E-state index contributed by atoms with van der Waals surface area (Å²) in [6.07, 6.45) is 4.69. The van der Waals surface area contributed by atoms with Crippen LogP contribution in [0, 0.1) is 5.41 Å². The molecule has 80 valence electrons. The molecule has 0 aromatic rings. The average molecular weight is 232 g/mol. The Hall–Kier alpha value is -0.290. The number of hydrogen-bond donors (Lipinski definition) is 2. The third-order valence-electron chi connectivity index (χ3n) is 2.71. The van der Waals surface area contributed by atoms with Gasteiger partial charge in [-0.3, -0.25) is 4.79 Å². The van der Waals surface area contributed by atoms with Crippen LogP contribution in [0.5, 0.6) is 0 Å². The van der Waals surface area contributed by atoms with Gasteiger partial charge in [0.15, 0.2) is 0 Å². The van der Waals surface area contributed by atoms with E-state index in [2.05, 4.69) is 5.32 Å². The molecule has 0 aromatic carbocycles. The smallest absolute Gasteiger partial charge is 0.233 e. The molecule has 0 aliphatic heterocycles. The van der Waals surface area contributed by atoms with Crippen LogP contribution in [0.3, 0.4) is 0 Å². The van der Waals surface area contributed by atoms with E-state index in [0.717, 1.165) is 25.0 Å². The molecule has 0 bridgehead atoms. The number of nitrogens with two attached hydrogens (primary N) is 1. The fourth-order valence-corrected chi connectivity index (χ4v) is 2.15. The highest BCUT2D eigenvalue weighted by atomic mass is 32.2. The van der Waals surface area contributed by atoms with Crippen molar-refractivity contribution in [3.8, 4) is 0 Å².